The van der Waals surface area contributed by atoms with Crippen molar-refractivity contribution in [3.8, 4) is 6.07 Å². The highest BCUT2D eigenvalue weighted by Crippen LogP contribution is 2.53. The summed E-state index contributed by atoms with van der Waals surface area (Å²) >= 11 is 13.3. The van der Waals surface area contributed by atoms with Crippen LogP contribution in [0.2, 0.25) is 10.0 Å². The number of carbonyl (C=O) groups excluding carboxylic acids is 2. The number of allylic oxidation sites excluding steroid dienone is 2. The van der Waals surface area contributed by atoms with Crippen molar-refractivity contribution in [2.24, 2.45) is 5.92 Å². The predicted molar refractivity (Wildman–Crippen MR) is 219 cm³/mol. The highest BCUT2D eigenvalue weighted by atomic mass is 35.5. The zero-order valence-electron chi connectivity index (χ0n) is 30.3. The van der Waals surface area contributed by atoms with Crippen LogP contribution < -0.4 is 15.5 Å². The minimum absolute atomic E-state index is 0.00124. The standard InChI is InChI=1S/C44H39Cl2N7O2/c1-26-6-5-18-53-41(29-10-12-30(45)13-11-29)33-23-31(46)24-35-38(33)39(42(53)37(26)28-7-3-2-4-8-28)40(49-35)43(54)50-34-22-27(25-47)9-14-36(34)51-19-15-32(16-20-51)52-21-17-48-44(52)55/h2-5,7-14,18,22-24,26,32,41,49H,6,15-17,19-21H2,1H3,(H,48,55)(H,50,54). The second kappa shape index (κ2) is 14.2. The van der Waals surface area contributed by atoms with Crippen molar-refractivity contribution in [2.45, 2.75) is 38.3 Å². The van der Waals surface area contributed by atoms with Crippen LogP contribution in [0.5, 0.6) is 0 Å². The number of anilines is 2. The van der Waals surface area contributed by atoms with E-state index in [0.717, 1.165) is 75.9 Å². The summed E-state index contributed by atoms with van der Waals surface area (Å²) in [6.45, 7) is 5.05. The first-order valence-electron chi connectivity index (χ1n) is 18.8. The van der Waals surface area contributed by atoms with Gasteiger partial charge < -0.3 is 30.3 Å². The molecule has 0 radical (unpaired) electrons. The summed E-state index contributed by atoms with van der Waals surface area (Å²) in [7, 11) is 0. The number of nitriles is 1. The van der Waals surface area contributed by atoms with Crippen molar-refractivity contribution in [1.29, 1.82) is 5.26 Å². The molecule has 2 atom stereocenters. The maximum absolute atomic E-state index is 15.0. The average Bonchev–Trinajstić information content (AvgIpc) is 3.76. The van der Waals surface area contributed by atoms with Crippen molar-refractivity contribution >= 4 is 68.7 Å². The second-order valence-corrected chi connectivity index (χ2v) is 15.6. The lowest BCUT2D eigenvalue weighted by Gasteiger charge is -2.39. The number of piperidine rings is 1. The lowest BCUT2D eigenvalue weighted by molar-refractivity contribution is 0.102. The highest BCUT2D eigenvalue weighted by Gasteiger charge is 2.40. The van der Waals surface area contributed by atoms with Gasteiger partial charge in [0.25, 0.3) is 5.91 Å². The van der Waals surface area contributed by atoms with E-state index < -0.39 is 0 Å². The lowest BCUT2D eigenvalue weighted by Crippen LogP contribution is -2.46. The van der Waals surface area contributed by atoms with Gasteiger partial charge >= 0.3 is 6.03 Å². The van der Waals surface area contributed by atoms with Crippen molar-refractivity contribution in [3.05, 3.63) is 141 Å². The summed E-state index contributed by atoms with van der Waals surface area (Å²) in [6, 6.07) is 29.8. The predicted octanol–water partition coefficient (Wildman–Crippen LogP) is 9.42. The monoisotopic (exact) mass is 767 g/mol. The van der Waals surface area contributed by atoms with Gasteiger partial charge in [-0.05, 0) is 89.9 Å². The molecule has 2 unspecified atom stereocenters. The van der Waals surface area contributed by atoms with Gasteiger partial charge in [-0.1, -0.05) is 78.7 Å². The van der Waals surface area contributed by atoms with Crippen molar-refractivity contribution in [1.82, 2.24) is 20.1 Å². The molecule has 9 nitrogen and oxygen atoms in total. The molecule has 2 saturated heterocycles. The molecule has 3 amide bonds. The molecular weight excluding hydrogens is 729 g/mol. The van der Waals surface area contributed by atoms with E-state index in [1.54, 1.807) is 12.1 Å². The van der Waals surface area contributed by atoms with Crippen molar-refractivity contribution in [2.75, 3.05) is 36.4 Å². The summed E-state index contributed by atoms with van der Waals surface area (Å²) in [5.74, 6) is -0.188. The van der Waals surface area contributed by atoms with Crippen LogP contribution in [0.3, 0.4) is 0 Å². The van der Waals surface area contributed by atoms with Gasteiger partial charge in [0.2, 0.25) is 0 Å². The first kappa shape index (κ1) is 35.0. The third kappa shape index (κ3) is 6.20. The number of aromatic nitrogens is 1. The molecule has 55 heavy (non-hydrogen) atoms. The molecule has 9 rings (SSSR count). The molecule has 4 aliphatic heterocycles. The number of H-pyrrole nitrogens is 1. The smallest absolute Gasteiger partial charge is 0.317 e. The number of benzene rings is 4. The Labute approximate surface area is 329 Å². The number of aromatic amines is 1. The zero-order chi connectivity index (χ0) is 37.8. The number of hydrogen-bond acceptors (Lipinski definition) is 5. The molecule has 2 fully saturated rings. The highest BCUT2D eigenvalue weighted by molar-refractivity contribution is 6.32. The van der Waals surface area contributed by atoms with Gasteiger partial charge in [0.15, 0.2) is 0 Å². The van der Waals surface area contributed by atoms with E-state index in [0.29, 0.717) is 46.6 Å². The van der Waals surface area contributed by atoms with Gasteiger partial charge in [0.05, 0.1) is 34.7 Å². The molecule has 3 N–H and O–H groups in total. The molecule has 0 spiro atoms. The van der Waals surface area contributed by atoms with Crippen LogP contribution in [0.1, 0.15) is 70.5 Å². The van der Waals surface area contributed by atoms with Crippen LogP contribution in [-0.2, 0) is 0 Å². The van der Waals surface area contributed by atoms with Crippen LogP contribution in [-0.4, -0.2) is 58.9 Å². The molecule has 1 aromatic heterocycles. The van der Waals surface area contributed by atoms with Crippen LogP contribution in [0.15, 0.2) is 97.2 Å². The van der Waals surface area contributed by atoms with Crippen molar-refractivity contribution in [3.63, 3.8) is 0 Å². The Morgan fingerprint density at radius 1 is 0.945 bits per heavy atom. The maximum Gasteiger partial charge on any atom is 0.317 e. The maximum atomic E-state index is 15.0. The molecule has 0 aliphatic carbocycles. The molecule has 5 aromatic rings. The molecular formula is C44H39Cl2N7O2. The third-order valence-electron chi connectivity index (χ3n) is 11.5. The van der Waals surface area contributed by atoms with Crippen LogP contribution in [0.25, 0.3) is 22.2 Å². The molecule has 0 saturated carbocycles. The third-order valence-corrected chi connectivity index (χ3v) is 11.9. The van der Waals surface area contributed by atoms with Gasteiger partial charge in [-0.3, -0.25) is 4.79 Å². The molecule has 11 heteroatoms. The number of amides is 3. The molecule has 4 aromatic carbocycles. The summed E-state index contributed by atoms with van der Waals surface area (Å²) < 4.78 is 0. The summed E-state index contributed by atoms with van der Waals surface area (Å²) in [4.78, 5) is 37.3. The van der Waals surface area contributed by atoms with E-state index in [2.05, 4.69) is 87.1 Å². The second-order valence-electron chi connectivity index (χ2n) is 14.7. The number of carbonyl (C=O) groups is 2. The molecule has 4 aliphatic rings. The largest absolute Gasteiger partial charge is 0.370 e. The van der Waals surface area contributed by atoms with Gasteiger partial charge in [0, 0.05) is 64.9 Å². The van der Waals surface area contributed by atoms with Crippen LogP contribution >= 0.6 is 23.2 Å². The number of nitrogens with zero attached hydrogens (tertiary/aromatic N) is 4. The fourth-order valence-corrected chi connectivity index (χ4v) is 9.32. The number of rotatable bonds is 6. The number of halogens is 2. The Bertz CT molecular complexity index is 2440. The molecule has 276 valence electrons. The fourth-order valence-electron chi connectivity index (χ4n) is 8.97. The first-order valence-corrected chi connectivity index (χ1v) is 19.5. The van der Waals surface area contributed by atoms with Crippen LogP contribution in [0, 0.1) is 17.2 Å². The van der Waals surface area contributed by atoms with Gasteiger partial charge in [-0.25, -0.2) is 4.79 Å². The SMILES string of the molecule is CC1CC=CN2C(=C1c1ccccc1)c1c(C(=O)Nc3cc(C#N)ccc3N3CCC(N4CCNC4=O)CC3)[nH]c3cc(Cl)cc(c13)C2c1ccc(Cl)cc1. The first-order chi connectivity index (χ1) is 26.8. The minimum atomic E-state index is -0.320. The van der Waals surface area contributed by atoms with Crippen LogP contribution in [0.4, 0.5) is 16.2 Å². The van der Waals surface area contributed by atoms with E-state index in [1.807, 2.05) is 41.3 Å². The van der Waals surface area contributed by atoms with E-state index in [9.17, 15) is 14.9 Å². The van der Waals surface area contributed by atoms with Crippen molar-refractivity contribution < 1.29 is 9.59 Å². The van der Waals surface area contributed by atoms with E-state index >= 15 is 0 Å². The number of urea groups is 1. The Hall–Kier alpha value is -5.69. The normalized spacial score (nSPS) is 19.7. The number of nitrogens with one attached hydrogen (secondary N) is 3. The topological polar surface area (TPSA) is 108 Å². The van der Waals surface area contributed by atoms with Gasteiger partial charge in [0.1, 0.15) is 5.69 Å². The quantitative estimate of drug-likeness (QED) is 0.160. The Balaban J connectivity index is 1.19. The summed E-state index contributed by atoms with van der Waals surface area (Å²) in [5.41, 5.74) is 9.04. The average molecular weight is 769 g/mol. The van der Waals surface area contributed by atoms with Gasteiger partial charge in [-0.2, -0.15) is 5.26 Å². The Morgan fingerprint density at radius 3 is 2.45 bits per heavy atom. The molecule has 5 heterocycles. The zero-order valence-corrected chi connectivity index (χ0v) is 31.8. The summed E-state index contributed by atoms with van der Waals surface area (Å²) in [5, 5.41) is 18.2. The van der Waals surface area contributed by atoms with E-state index in [1.165, 1.54) is 0 Å². The number of hydrogen-bond donors (Lipinski definition) is 3. The fraction of sp³-hybridized carbons (Fsp3) is 0.250. The minimum Gasteiger partial charge on any atom is -0.370 e. The Kier molecular flexibility index (Phi) is 9.04. The van der Waals surface area contributed by atoms with Gasteiger partial charge in [-0.15, -0.1) is 0 Å². The summed E-state index contributed by atoms with van der Waals surface area (Å²) in [6.07, 6.45) is 6.79. The number of fused-ring (bicyclic) bond motifs is 2. The lowest BCUT2D eigenvalue weighted by atomic mass is 9.82. The van der Waals surface area contributed by atoms with E-state index in [-0.39, 0.29) is 29.9 Å². The van der Waals surface area contributed by atoms with E-state index in [4.69, 9.17) is 23.2 Å². The molecule has 0 bridgehead atoms. The Morgan fingerprint density at radius 2 is 1.73 bits per heavy atom.